The van der Waals surface area contributed by atoms with E-state index < -0.39 is 17.7 Å². The van der Waals surface area contributed by atoms with Gasteiger partial charge in [0.25, 0.3) is 0 Å². The summed E-state index contributed by atoms with van der Waals surface area (Å²) >= 11 is 0. The smallest absolute Gasteiger partial charge is 0.399 e. The van der Waals surface area contributed by atoms with Crippen LogP contribution in [0.5, 0.6) is 0 Å². The lowest BCUT2D eigenvalue weighted by atomic mass is 10.2. The van der Waals surface area contributed by atoms with Gasteiger partial charge in [-0.05, 0) is 0 Å². The second-order valence-corrected chi connectivity index (χ2v) is 2.02. The number of hydrogen-bond acceptors (Lipinski definition) is 3. The number of carbonyl (C=O) groups excluding carboxylic acids is 2. The molecule has 0 saturated carbocycles. The summed E-state index contributed by atoms with van der Waals surface area (Å²) in [5, 5.41) is 0. The largest absolute Gasteiger partial charge is 0.457 e. The van der Waals surface area contributed by atoms with E-state index >= 15 is 0 Å². The molecule has 0 aromatic carbocycles. The summed E-state index contributed by atoms with van der Waals surface area (Å²) in [6.07, 6.45) is 1.13. The van der Waals surface area contributed by atoms with E-state index in [0.717, 1.165) is 6.08 Å². The van der Waals surface area contributed by atoms with Gasteiger partial charge in [0.15, 0.2) is 0 Å². The minimum atomic E-state index is -4.04. The fourth-order valence-corrected chi connectivity index (χ4v) is 0.369. The van der Waals surface area contributed by atoms with Gasteiger partial charge in [-0.1, -0.05) is 12.7 Å². The molecule has 0 unspecified atom stereocenters. The lowest BCUT2D eigenvalue weighted by Gasteiger charge is -2.09. The van der Waals surface area contributed by atoms with E-state index in [1.807, 2.05) is 0 Å². The third-order valence-electron chi connectivity index (χ3n) is 1.03. The van der Waals surface area contributed by atoms with Crippen LogP contribution >= 0.6 is 0 Å². The van der Waals surface area contributed by atoms with E-state index in [1.54, 1.807) is 0 Å². The van der Waals surface area contributed by atoms with Crippen LogP contribution in [0, 0.1) is 0 Å². The molecule has 0 rings (SSSR count). The molecule has 0 spiro atoms. The van der Waals surface area contributed by atoms with Crippen molar-refractivity contribution in [3.63, 3.8) is 0 Å². The van der Waals surface area contributed by atoms with Gasteiger partial charge in [0, 0.05) is 6.92 Å². The summed E-state index contributed by atoms with van der Waals surface area (Å²) in [7, 11) is 0. The Balaban J connectivity index is 4.25. The number of carbonyl (C=O) groups is 2. The summed E-state index contributed by atoms with van der Waals surface area (Å²) in [6.45, 7) is 3.44. The van der Waals surface area contributed by atoms with Crippen LogP contribution in [0.25, 0.3) is 0 Å². The standard InChI is InChI=1S/C7H8F2O3/c1-3-4-12-6(11)7(8,9)5(2)10/h3H,1,4H2,2H3. The first kappa shape index (κ1) is 10.7. The molecule has 0 N–H and O–H groups in total. The highest BCUT2D eigenvalue weighted by atomic mass is 19.3. The lowest BCUT2D eigenvalue weighted by molar-refractivity contribution is -0.174. The van der Waals surface area contributed by atoms with Crippen molar-refractivity contribution < 1.29 is 23.1 Å². The number of Topliss-reactive ketones (excluding diaryl/α,β-unsaturated/α-hetero) is 1. The number of ether oxygens (including phenoxy) is 1. The predicted octanol–water partition coefficient (Wildman–Crippen LogP) is 0.940. The van der Waals surface area contributed by atoms with E-state index in [9.17, 15) is 18.4 Å². The molecule has 0 fully saturated rings. The van der Waals surface area contributed by atoms with Gasteiger partial charge in [-0.2, -0.15) is 8.78 Å². The van der Waals surface area contributed by atoms with Gasteiger partial charge in [-0.15, -0.1) is 0 Å². The first-order valence-electron chi connectivity index (χ1n) is 3.10. The van der Waals surface area contributed by atoms with Gasteiger partial charge < -0.3 is 4.74 Å². The topological polar surface area (TPSA) is 43.4 Å². The molecule has 0 bridgehead atoms. The van der Waals surface area contributed by atoms with Gasteiger partial charge >= 0.3 is 11.9 Å². The van der Waals surface area contributed by atoms with Crippen molar-refractivity contribution in [3.05, 3.63) is 12.7 Å². The van der Waals surface area contributed by atoms with Crippen LogP contribution in [0.15, 0.2) is 12.7 Å². The van der Waals surface area contributed by atoms with Gasteiger partial charge in [-0.3, -0.25) is 4.79 Å². The molecular formula is C7H8F2O3. The highest BCUT2D eigenvalue weighted by molar-refractivity contribution is 6.04. The van der Waals surface area contributed by atoms with Crippen molar-refractivity contribution in [2.45, 2.75) is 12.8 Å². The van der Waals surface area contributed by atoms with Crippen LogP contribution in [0.4, 0.5) is 8.78 Å². The Morgan fingerprint density at radius 3 is 2.42 bits per heavy atom. The predicted molar refractivity (Wildman–Crippen MR) is 36.8 cm³/mol. The Hall–Kier alpha value is -1.26. The van der Waals surface area contributed by atoms with Crippen molar-refractivity contribution in [1.82, 2.24) is 0 Å². The van der Waals surface area contributed by atoms with Gasteiger partial charge in [0.05, 0.1) is 0 Å². The minimum absolute atomic E-state index is 0.332. The average molecular weight is 178 g/mol. The summed E-state index contributed by atoms with van der Waals surface area (Å²) in [5.74, 6) is -7.41. The number of hydrogen-bond donors (Lipinski definition) is 0. The zero-order valence-electron chi connectivity index (χ0n) is 6.47. The molecule has 0 aromatic heterocycles. The van der Waals surface area contributed by atoms with E-state index in [2.05, 4.69) is 11.3 Å². The Morgan fingerprint density at radius 1 is 1.58 bits per heavy atom. The molecule has 0 aromatic rings. The Morgan fingerprint density at radius 2 is 2.08 bits per heavy atom. The number of halogens is 2. The van der Waals surface area contributed by atoms with Crippen LogP contribution in [0.2, 0.25) is 0 Å². The maximum absolute atomic E-state index is 12.4. The lowest BCUT2D eigenvalue weighted by Crippen LogP contribution is -2.37. The van der Waals surface area contributed by atoms with Gasteiger partial charge in [0.2, 0.25) is 5.78 Å². The SMILES string of the molecule is C=CCOC(=O)C(F)(F)C(C)=O. The molecule has 0 amide bonds. The van der Waals surface area contributed by atoms with Crippen LogP contribution in [-0.2, 0) is 14.3 Å². The monoisotopic (exact) mass is 178 g/mol. The molecule has 0 heterocycles. The fourth-order valence-electron chi connectivity index (χ4n) is 0.369. The maximum Gasteiger partial charge on any atom is 0.399 e. The number of alkyl halides is 2. The Labute approximate surface area is 68.0 Å². The molecular weight excluding hydrogens is 170 g/mol. The van der Waals surface area contributed by atoms with Crippen molar-refractivity contribution in [1.29, 1.82) is 0 Å². The van der Waals surface area contributed by atoms with Crippen LogP contribution in [0.3, 0.4) is 0 Å². The molecule has 0 aliphatic heterocycles. The van der Waals surface area contributed by atoms with Crippen LogP contribution in [-0.4, -0.2) is 24.3 Å². The zero-order chi connectivity index (χ0) is 9.78. The minimum Gasteiger partial charge on any atom is -0.457 e. The molecule has 0 atom stereocenters. The molecule has 0 radical (unpaired) electrons. The third kappa shape index (κ3) is 2.41. The number of rotatable bonds is 4. The highest BCUT2D eigenvalue weighted by Crippen LogP contribution is 2.16. The highest BCUT2D eigenvalue weighted by Gasteiger charge is 2.45. The van der Waals surface area contributed by atoms with E-state index in [4.69, 9.17) is 0 Å². The molecule has 12 heavy (non-hydrogen) atoms. The second kappa shape index (κ2) is 3.94. The van der Waals surface area contributed by atoms with Crippen molar-refractivity contribution in [2.75, 3.05) is 6.61 Å². The van der Waals surface area contributed by atoms with Gasteiger partial charge in [0.1, 0.15) is 6.61 Å². The van der Waals surface area contributed by atoms with E-state index in [-0.39, 0.29) is 6.61 Å². The first-order valence-corrected chi connectivity index (χ1v) is 3.10. The normalized spacial score (nSPS) is 10.6. The summed E-state index contributed by atoms with van der Waals surface area (Å²) < 4.78 is 28.8. The maximum atomic E-state index is 12.4. The molecule has 0 aliphatic carbocycles. The molecule has 0 saturated heterocycles. The first-order chi connectivity index (χ1) is 5.42. The molecule has 3 nitrogen and oxygen atoms in total. The quantitative estimate of drug-likeness (QED) is 0.365. The molecule has 0 aliphatic rings. The summed E-state index contributed by atoms with van der Waals surface area (Å²) in [4.78, 5) is 20.6. The van der Waals surface area contributed by atoms with Gasteiger partial charge in [-0.25, -0.2) is 4.79 Å². The van der Waals surface area contributed by atoms with Crippen molar-refractivity contribution in [2.24, 2.45) is 0 Å². The zero-order valence-corrected chi connectivity index (χ0v) is 6.47. The molecule has 68 valence electrons. The third-order valence-corrected chi connectivity index (χ3v) is 1.03. The average Bonchev–Trinajstić information content (AvgIpc) is 1.99. The van der Waals surface area contributed by atoms with Crippen molar-refractivity contribution >= 4 is 11.8 Å². The summed E-state index contributed by atoms with van der Waals surface area (Å²) in [5.41, 5.74) is 0. The summed E-state index contributed by atoms with van der Waals surface area (Å²) in [6, 6.07) is 0. The second-order valence-electron chi connectivity index (χ2n) is 2.02. The Bertz CT molecular complexity index is 211. The molecule has 5 heteroatoms. The van der Waals surface area contributed by atoms with E-state index in [1.165, 1.54) is 0 Å². The number of esters is 1. The van der Waals surface area contributed by atoms with E-state index in [0.29, 0.717) is 6.92 Å². The van der Waals surface area contributed by atoms with Crippen LogP contribution < -0.4 is 0 Å². The van der Waals surface area contributed by atoms with Crippen LogP contribution in [0.1, 0.15) is 6.92 Å². The number of ketones is 1. The fraction of sp³-hybridized carbons (Fsp3) is 0.429. The van der Waals surface area contributed by atoms with Crippen molar-refractivity contribution in [3.8, 4) is 0 Å². The Kier molecular flexibility index (Phi) is 3.53.